The van der Waals surface area contributed by atoms with Gasteiger partial charge < -0.3 is 28.7 Å². The number of carbonyl (C=O) groups excluding carboxylic acids is 2. The van der Waals surface area contributed by atoms with Gasteiger partial charge in [-0.1, -0.05) is 64.1 Å². The third-order valence-electron chi connectivity index (χ3n) is 13.2. The molecule has 0 aromatic heterocycles. The lowest BCUT2D eigenvalue weighted by Gasteiger charge is -2.44. The second-order valence-electron chi connectivity index (χ2n) is 17.1. The first-order valence-electron chi connectivity index (χ1n) is 18.8. The van der Waals surface area contributed by atoms with Gasteiger partial charge in [0.1, 0.15) is 23.0 Å². The number of hydrogen-bond acceptors (Lipinski definition) is 8. The minimum Gasteiger partial charge on any atom is -0.456 e. The molecule has 270 valence electrons. The normalized spacial score (nSPS) is 24.1. The number of anilines is 2. The number of benzene rings is 5. The second kappa shape index (κ2) is 10.1. The Labute approximate surface area is 314 Å². The Hall–Kier alpha value is -5.76. The molecule has 0 fully saturated rings. The molecular formula is C46H40N2O6. The van der Waals surface area contributed by atoms with Crippen molar-refractivity contribution in [2.24, 2.45) is 0 Å². The predicted octanol–water partition coefficient (Wildman–Crippen LogP) is 9.06. The van der Waals surface area contributed by atoms with Crippen molar-refractivity contribution in [1.29, 1.82) is 0 Å². The van der Waals surface area contributed by atoms with Crippen LogP contribution in [0, 0.1) is 0 Å². The van der Waals surface area contributed by atoms with Crippen LogP contribution in [0.15, 0.2) is 84.9 Å². The topological polar surface area (TPSA) is 77.5 Å². The largest absolute Gasteiger partial charge is 0.456 e. The lowest BCUT2D eigenvalue weighted by molar-refractivity contribution is 0.0207. The average Bonchev–Trinajstić information content (AvgIpc) is 3.62. The summed E-state index contributed by atoms with van der Waals surface area (Å²) in [5, 5.41) is 0. The fourth-order valence-electron chi connectivity index (χ4n) is 10.0. The van der Waals surface area contributed by atoms with E-state index < -0.39 is 23.1 Å². The van der Waals surface area contributed by atoms with E-state index in [2.05, 4.69) is 75.9 Å². The van der Waals surface area contributed by atoms with Gasteiger partial charge in [0.15, 0.2) is 11.2 Å². The third kappa shape index (κ3) is 3.78. The van der Waals surface area contributed by atoms with E-state index in [1.54, 1.807) is 0 Å². The van der Waals surface area contributed by atoms with Crippen LogP contribution in [-0.4, -0.2) is 39.1 Å². The zero-order chi connectivity index (χ0) is 37.1. The third-order valence-corrected chi connectivity index (χ3v) is 13.2. The highest BCUT2D eigenvalue weighted by Gasteiger charge is 2.59. The van der Waals surface area contributed by atoms with E-state index in [0.717, 1.165) is 59.6 Å². The Morgan fingerprint density at radius 3 is 1.28 bits per heavy atom. The molecule has 6 aliphatic heterocycles. The van der Waals surface area contributed by atoms with E-state index >= 15 is 0 Å². The monoisotopic (exact) mass is 716 g/mol. The summed E-state index contributed by atoms with van der Waals surface area (Å²) >= 11 is 0. The van der Waals surface area contributed by atoms with E-state index in [1.165, 1.54) is 11.1 Å². The van der Waals surface area contributed by atoms with Gasteiger partial charge in [-0.25, -0.2) is 9.59 Å². The van der Waals surface area contributed by atoms with Gasteiger partial charge in [0.05, 0.1) is 11.1 Å². The number of carbonyl (C=O) groups is 2. The van der Waals surface area contributed by atoms with Crippen molar-refractivity contribution < 1.29 is 28.5 Å². The van der Waals surface area contributed by atoms with E-state index in [1.807, 2.05) is 60.7 Å². The minimum atomic E-state index is -1.34. The van der Waals surface area contributed by atoms with E-state index in [4.69, 9.17) is 18.9 Å². The SMILES string of the molecule is CN1CCC(C)(C)c2cc3c(cc21)Oc1cc2c(cc1C31OC(=O)c3ccccc31)C1(OC(=O)c3ccccc31)c1cc3c(cc1O2)N(C)CCC3(C)C. The van der Waals surface area contributed by atoms with Crippen LogP contribution in [0.2, 0.25) is 0 Å². The first kappa shape index (κ1) is 31.7. The van der Waals surface area contributed by atoms with Gasteiger partial charge in [-0.15, -0.1) is 0 Å². The van der Waals surface area contributed by atoms with E-state index in [-0.39, 0.29) is 10.8 Å². The molecule has 11 rings (SSSR count). The fraction of sp³-hybridized carbons (Fsp3) is 0.304. The van der Waals surface area contributed by atoms with Gasteiger partial charge in [0, 0.05) is 90.1 Å². The summed E-state index contributed by atoms with van der Waals surface area (Å²) in [7, 11) is 4.22. The molecule has 0 radical (unpaired) electrons. The number of rotatable bonds is 0. The van der Waals surface area contributed by atoms with Gasteiger partial charge in [0.2, 0.25) is 0 Å². The molecular weight excluding hydrogens is 677 g/mol. The maximum atomic E-state index is 14.0. The first-order valence-corrected chi connectivity index (χ1v) is 18.8. The fourth-order valence-corrected chi connectivity index (χ4v) is 10.0. The highest BCUT2D eigenvalue weighted by atomic mass is 16.6. The highest BCUT2D eigenvalue weighted by Crippen LogP contribution is 2.64. The summed E-state index contributed by atoms with van der Waals surface area (Å²) in [6.45, 7) is 10.9. The Balaban J connectivity index is 1.23. The molecule has 5 aromatic carbocycles. The number of fused-ring (bicyclic) bond motifs is 14. The van der Waals surface area contributed by atoms with Crippen molar-refractivity contribution in [2.45, 2.75) is 62.6 Å². The van der Waals surface area contributed by atoms with Gasteiger partial charge >= 0.3 is 11.9 Å². The van der Waals surface area contributed by atoms with Crippen LogP contribution in [0.5, 0.6) is 23.0 Å². The molecule has 0 bridgehead atoms. The quantitative estimate of drug-likeness (QED) is 0.147. The molecule has 0 N–H and O–H groups in total. The number of ether oxygens (including phenoxy) is 4. The molecule has 54 heavy (non-hydrogen) atoms. The molecule has 0 amide bonds. The lowest BCUT2D eigenvalue weighted by atomic mass is 9.70. The Morgan fingerprint density at radius 2 is 0.852 bits per heavy atom. The van der Waals surface area contributed by atoms with Crippen molar-refractivity contribution in [3.8, 4) is 23.0 Å². The first-order chi connectivity index (χ1) is 25.8. The Bertz CT molecular complexity index is 2400. The lowest BCUT2D eigenvalue weighted by Crippen LogP contribution is -2.39. The second-order valence-corrected chi connectivity index (χ2v) is 17.1. The van der Waals surface area contributed by atoms with Crippen LogP contribution in [0.25, 0.3) is 0 Å². The molecule has 2 atom stereocenters. The number of nitrogens with zero attached hydrogens (tertiary/aromatic N) is 2. The van der Waals surface area contributed by atoms with E-state index in [9.17, 15) is 9.59 Å². The number of hydrogen-bond donors (Lipinski definition) is 0. The smallest absolute Gasteiger partial charge is 0.340 e. The van der Waals surface area contributed by atoms with Gasteiger partial charge in [0.25, 0.3) is 0 Å². The van der Waals surface area contributed by atoms with Crippen LogP contribution >= 0.6 is 0 Å². The van der Waals surface area contributed by atoms with Crippen LogP contribution in [0.4, 0.5) is 11.4 Å². The van der Waals surface area contributed by atoms with Crippen LogP contribution in [0.3, 0.4) is 0 Å². The van der Waals surface area contributed by atoms with E-state index in [0.29, 0.717) is 45.3 Å². The maximum Gasteiger partial charge on any atom is 0.340 e. The van der Waals surface area contributed by atoms with Crippen molar-refractivity contribution in [2.75, 3.05) is 37.0 Å². The summed E-state index contributed by atoms with van der Waals surface area (Å²) in [5.74, 6) is 1.46. The Morgan fingerprint density at radius 1 is 0.481 bits per heavy atom. The van der Waals surface area contributed by atoms with Gasteiger partial charge in [-0.2, -0.15) is 0 Å². The van der Waals surface area contributed by atoms with Gasteiger partial charge in [-0.3, -0.25) is 0 Å². The molecule has 5 aromatic rings. The van der Waals surface area contributed by atoms with Crippen LogP contribution < -0.4 is 19.3 Å². The zero-order valence-corrected chi connectivity index (χ0v) is 31.3. The summed E-state index contributed by atoms with van der Waals surface area (Å²) in [4.78, 5) is 32.5. The Kier molecular flexibility index (Phi) is 5.91. The standard InChI is InChI=1S/C46H40N2O6/c1-43(2)15-17-47(5)35-22-37-31(19-29(35)43)45(27-13-9-7-11-25(27)41(49)53-45)33-21-34-40(24-39(33)51-37)52-38-23-36-30(44(3,4)16-18-48(36)6)20-32(38)46(34)28-14-10-8-12-26(28)42(50)54-46/h7-14,19-24H,15-18H2,1-6H3. The van der Waals surface area contributed by atoms with Crippen LogP contribution in [0.1, 0.15) is 106 Å². The van der Waals surface area contributed by atoms with Crippen molar-refractivity contribution >= 4 is 23.3 Å². The predicted molar refractivity (Wildman–Crippen MR) is 205 cm³/mol. The number of esters is 2. The van der Waals surface area contributed by atoms with Crippen molar-refractivity contribution in [1.82, 2.24) is 0 Å². The minimum absolute atomic E-state index is 0.124. The summed E-state index contributed by atoms with van der Waals surface area (Å²) in [5.41, 5.74) is 6.96. The summed E-state index contributed by atoms with van der Waals surface area (Å²) in [6, 6.07) is 27.7. The molecule has 8 nitrogen and oxygen atoms in total. The molecule has 8 heteroatoms. The molecule has 2 spiro atoms. The molecule has 0 saturated carbocycles. The molecule has 2 unspecified atom stereocenters. The van der Waals surface area contributed by atoms with Crippen LogP contribution in [-0.2, 0) is 31.5 Å². The molecule has 6 heterocycles. The zero-order valence-electron chi connectivity index (χ0n) is 31.3. The highest BCUT2D eigenvalue weighted by molar-refractivity contribution is 5.98. The van der Waals surface area contributed by atoms with Crippen molar-refractivity contribution in [3.05, 3.63) is 141 Å². The summed E-state index contributed by atoms with van der Waals surface area (Å²) < 4.78 is 27.3. The van der Waals surface area contributed by atoms with Gasteiger partial charge in [-0.05, 0) is 65.1 Å². The maximum absolute atomic E-state index is 14.0. The van der Waals surface area contributed by atoms with Crippen molar-refractivity contribution in [3.63, 3.8) is 0 Å². The molecule has 0 aliphatic carbocycles. The molecule has 0 saturated heterocycles. The summed E-state index contributed by atoms with van der Waals surface area (Å²) in [6.07, 6.45) is 1.95. The molecule has 6 aliphatic rings. The average molecular weight is 717 g/mol.